The summed E-state index contributed by atoms with van der Waals surface area (Å²) in [6.07, 6.45) is 2.73. The largest absolute Gasteiger partial charge is 0.366 e. The maximum Gasteiger partial charge on any atom is 0.256 e. The molecule has 0 heterocycles. The number of fused-ring (bicyclic) bond motifs is 1. The Morgan fingerprint density at radius 2 is 2.00 bits per heavy atom. The van der Waals surface area contributed by atoms with Crippen LogP contribution in [-0.2, 0) is 16.4 Å². The van der Waals surface area contributed by atoms with Crippen molar-refractivity contribution in [3.63, 3.8) is 0 Å². The summed E-state index contributed by atoms with van der Waals surface area (Å²) < 4.78 is 25.3. The van der Waals surface area contributed by atoms with Crippen LogP contribution in [0.4, 0.5) is 5.69 Å². The second-order valence-corrected chi connectivity index (χ2v) is 8.11. The number of nitrogens with two attached hydrogens (primary N) is 1. The minimum absolute atomic E-state index is 0.443. The molecule has 0 bridgehead atoms. The molecule has 0 atom stereocenters. The SMILES string of the molecule is C=CS(=O)(=O)N(C)c1cccc(-c2ccc(C(N)=O)c3c2C(C)=CC3)c1. The minimum atomic E-state index is -3.57. The van der Waals surface area contributed by atoms with E-state index in [1.54, 1.807) is 12.1 Å². The Kier molecular flexibility index (Phi) is 4.46. The van der Waals surface area contributed by atoms with E-state index in [0.717, 1.165) is 33.2 Å². The highest BCUT2D eigenvalue weighted by Crippen LogP contribution is 2.39. The fraction of sp³-hybridized carbons (Fsp3) is 0.150. The summed E-state index contributed by atoms with van der Waals surface area (Å²) in [7, 11) is -2.08. The van der Waals surface area contributed by atoms with Crippen LogP contribution in [0.1, 0.15) is 28.4 Å². The lowest BCUT2D eigenvalue weighted by atomic mass is 9.91. The van der Waals surface area contributed by atoms with Crippen molar-refractivity contribution in [2.75, 3.05) is 11.4 Å². The fourth-order valence-electron chi connectivity index (χ4n) is 3.27. The molecule has 2 N–H and O–H groups in total. The zero-order valence-corrected chi connectivity index (χ0v) is 15.5. The average molecular weight is 368 g/mol. The van der Waals surface area contributed by atoms with E-state index in [-0.39, 0.29) is 0 Å². The molecule has 0 saturated carbocycles. The van der Waals surface area contributed by atoms with Crippen molar-refractivity contribution < 1.29 is 13.2 Å². The molecule has 5 nitrogen and oxygen atoms in total. The lowest BCUT2D eigenvalue weighted by molar-refractivity contribution is 0.0999. The number of carbonyl (C=O) groups is 1. The number of benzene rings is 2. The van der Waals surface area contributed by atoms with Gasteiger partial charge in [0.25, 0.3) is 10.0 Å². The molecule has 6 heteroatoms. The summed E-state index contributed by atoms with van der Waals surface area (Å²) in [5.41, 5.74) is 11.4. The number of carbonyl (C=O) groups excluding carboxylic acids is 1. The van der Waals surface area contributed by atoms with Crippen molar-refractivity contribution in [1.29, 1.82) is 0 Å². The van der Waals surface area contributed by atoms with Gasteiger partial charge in [0.1, 0.15) is 0 Å². The normalized spacial score (nSPS) is 13.1. The molecule has 0 unspecified atom stereocenters. The van der Waals surface area contributed by atoms with Gasteiger partial charge in [-0.2, -0.15) is 0 Å². The van der Waals surface area contributed by atoms with E-state index in [0.29, 0.717) is 17.7 Å². The molecular formula is C20H20N2O3S. The minimum Gasteiger partial charge on any atom is -0.366 e. The Bertz CT molecular complexity index is 1050. The highest BCUT2D eigenvalue weighted by Gasteiger charge is 2.22. The van der Waals surface area contributed by atoms with Crippen molar-refractivity contribution in [3.8, 4) is 11.1 Å². The van der Waals surface area contributed by atoms with Gasteiger partial charge in [-0.3, -0.25) is 9.10 Å². The molecule has 2 aromatic carbocycles. The predicted molar refractivity (Wildman–Crippen MR) is 105 cm³/mol. The number of primary amides is 1. The lowest BCUT2D eigenvalue weighted by Gasteiger charge is -2.19. The van der Waals surface area contributed by atoms with Crippen LogP contribution in [-0.4, -0.2) is 21.4 Å². The number of amides is 1. The van der Waals surface area contributed by atoms with Gasteiger partial charge in [-0.1, -0.05) is 30.9 Å². The third-order valence-corrected chi connectivity index (χ3v) is 6.09. The van der Waals surface area contributed by atoms with Crippen molar-refractivity contribution in [1.82, 2.24) is 0 Å². The number of hydrogen-bond donors (Lipinski definition) is 1. The molecule has 0 aliphatic heterocycles. The number of hydrogen-bond acceptors (Lipinski definition) is 3. The van der Waals surface area contributed by atoms with Gasteiger partial charge >= 0.3 is 0 Å². The van der Waals surface area contributed by atoms with Gasteiger partial charge in [-0.05, 0) is 59.4 Å². The van der Waals surface area contributed by atoms with E-state index in [1.165, 1.54) is 11.4 Å². The van der Waals surface area contributed by atoms with Gasteiger partial charge in [-0.15, -0.1) is 0 Å². The zero-order valence-electron chi connectivity index (χ0n) is 14.7. The number of rotatable bonds is 5. The quantitative estimate of drug-likeness (QED) is 0.879. The molecule has 0 aromatic heterocycles. The van der Waals surface area contributed by atoms with Gasteiger partial charge in [0, 0.05) is 18.0 Å². The Balaban J connectivity index is 2.16. The first-order chi connectivity index (χ1) is 12.3. The van der Waals surface area contributed by atoms with Crippen LogP contribution in [0.3, 0.4) is 0 Å². The summed E-state index contributed by atoms with van der Waals surface area (Å²) in [6.45, 7) is 5.36. The number of sulfonamides is 1. The second kappa shape index (κ2) is 6.46. The monoisotopic (exact) mass is 368 g/mol. The molecule has 134 valence electrons. The van der Waals surface area contributed by atoms with E-state index in [4.69, 9.17) is 5.73 Å². The Hall–Kier alpha value is -2.86. The maximum absolute atomic E-state index is 12.1. The van der Waals surface area contributed by atoms with E-state index in [9.17, 15) is 13.2 Å². The van der Waals surface area contributed by atoms with Crippen LogP contribution in [0.25, 0.3) is 16.7 Å². The Morgan fingerprint density at radius 1 is 1.27 bits per heavy atom. The molecule has 1 amide bonds. The van der Waals surface area contributed by atoms with Crippen molar-refractivity contribution in [2.24, 2.45) is 5.73 Å². The second-order valence-electron chi connectivity index (χ2n) is 6.20. The summed E-state index contributed by atoms with van der Waals surface area (Å²) in [5.74, 6) is -0.443. The topological polar surface area (TPSA) is 80.5 Å². The molecule has 1 aliphatic rings. The smallest absolute Gasteiger partial charge is 0.256 e. The first kappa shape index (κ1) is 17.9. The van der Waals surface area contributed by atoms with Crippen LogP contribution in [0.5, 0.6) is 0 Å². The number of allylic oxidation sites excluding steroid dienone is 2. The first-order valence-corrected chi connectivity index (χ1v) is 9.61. The third-order valence-electron chi connectivity index (χ3n) is 4.70. The van der Waals surface area contributed by atoms with Crippen LogP contribution < -0.4 is 10.0 Å². The van der Waals surface area contributed by atoms with E-state index in [1.807, 2.05) is 31.2 Å². The van der Waals surface area contributed by atoms with Crippen molar-refractivity contribution in [2.45, 2.75) is 13.3 Å². The predicted octanol–water partition coefficient (Wildman–Crippen LogP) is 3.32. The maximum atomic E-state index is 12.1. The molecule has 26 heavy (non-hydrogen) atoms. The molecule has 0 radical (unpaired) electrons. The Labute approximate surface area is 153 Å². The molecule has 3 rings (SSSR count). The summed E-state index contributed by atoms with van der Waals surface area (Å²) in [6, 6.07) is 10.9. The fourth-order valence-corrected chi connectivity index (χ4v) is 3.90. The average Bonchev–Trinajstić information content (AvgIpc) is 3.02. The highest BCUT2D eigenvalue weighted by atomic mass is 32.2. The summed E-state index contributed by atoms with van der Waals surface area (Å²) in [4.78, 5) is 11.7. The first-order valence-electron chi connectivity index (χ1n) is 8.11. The van der Waals surface area contributed by atoms with Crippen molar-refractivity contribution in [3.05, 3.63) is 71.2 Å². The molecule has 0 saturated heterocycles. The summed E-state index contributed by atoms with van der Waals surface area (Å²) >= 11 is 0. The van der Waals surface area contributed by atoms with E-state index >= 15 is 0 Å². The molecule has 1 aliphatic carbocycles. The zero-order chi connectivity index (χ0) is 19.1. The van der Waals surface area contributed by atoms with Gasteiger partial charge in [-0.25, -0.2) is 8.42 Å². The number of anilines is 1. The standard InChI is InChI=1S/C20H20N2O3S/c1-4-26(24,25)22(3)15-7-5-6-14(12-15)16-10-11-18(20(21)23)17-9-8-13(2)19(16)17/h4-8,10-12H,1,9H2,2-3H3,(H2,21,23). The highest BCUT2D eigenvalue weighted by molar-refractivity contribution is 7.95. The van der Waals surface area contributed by atoms with Crippen LogP contribution >= 0.6 is 0 Å². The van der Waals surface area contributed by atoms with Gasteiger partial charge < -0.3 is 5.73 Å². The van der Waals surface area contributed by atoms with Gasteiger partial charge in [0.2, 0.25) is 5.91 Å². The molecule has 0 spiro atoms. The molecule has 0 fully saturated rings. The number of nitrogens with zero attached hydrogens (tertiary/aromatic N) is 1. The van der Waals surface area contributed by atoms with Crippen molar-refractivity contribution >= 4 is 27.2 Å². The van der Waals surface area contributed by atoms with Gasteiger partial charge in [0.05, 0.1) is 5.69 Å². The van der Waals surface area contributed by atoms with Crippen LogP contribution in [0.2, 0.25) is 0 Å². The molecule has 2 aromatic rings. The van der Waals surface area contributed by atoms with Crippen LogP contribution in [0.15, 0.2) is 54.5 Å². The third kappa shape index (κ3) is 2.93. The molecular weight excluding hydrogens is 348 g/mol. The lowest BCUT2D eigenvalue weighted by Crippen LogP contribution is -2.23. The van der Waals surface area contributed by atoms with Crippen LogP contribution in [0, 0.1) is 0 Å². The summed E-state index contributed by atoms with van der Waals surface area (Å²) in [5, 5.41) is 0.923. The Morgan fingerprint density at radius 3 is 2.65 bits per heavy atom. The van der Waals surface area contributed by atoms with Gasteiger partial charge in [0.15, 0.2) is 0 Å². The van der Waals surface area contributed by atoms with E-state index in [2.05, 4.69) is 12.7 Å². The van der Waals surface area contributed by atoms with E-state index < -0.39 is 15.9 Å².